The highest BCUT2D eigenvalue weighted by Crippen LogP contribution is 2.30. The van der Waals surface area contributed by atoms with Crippen molar-refractivity contribution >= 4 is 0 Å². The second-order valence-corrected chi connectivity index (χ2v) is 4.25. The van der Waals surface area contributed by atoms with E-state index in [1.54, 1.807) is 26.4 Å². The van der Waals surface area contributed by atoms with Crippen LogP contribution < -0.4 is 9.47 Å². The van der Waals surface area contributed by atoms with Crippen molar-refractivity contribution in [3.8, 4) is 11.5 Å². The summed E-state index contributed by atoms with van der Waals surface area (Å²) >= 11 is 0. The molecule has 0 spiro atoms. The van der Waals surface area contributed by atoms with Gasteiger partial charge in [0.1, 0.15) is 0 Å². The summed E-state index contributed by atoms with van der Waals surface area (Å²) in [6.07, 6.45) is -0.619. The first-order valence-corrected chi connectivity index (χ1v) is 6.39. The van der Waals surface area contributed by atoms with Gasteiger partial charge in [0, 0.05) is 13.1 Å². The van der Waals surface area contributed by atoms with E-state index < -0.39 is 6.10 Å². The number of hydrogen-bond donors (Lipinski definition) is 2. The fourth-order valence-corrected chi connectivity index (χ4v) is 1.93. The van der Waals surface area contributed by atoms with Gasteiger partial charge in [-0.05, 0) is 24.2 Å². The van der Waals surface area contributed by atoms with E-state index in [0.29, 0.717) is 24.6 Å². The summed E-state index contributed by atoms with van der Waals surface area (Å²) < 4.78 is 10.4. The maximum absolute atomic E-state index is 10.2. The first kappa shape index (κ1) is 15.8. The van der Waals surface area contributed by atoms with Crippen LogP contribution in [0.5, 0.6) is 11.5 Å². The Morgan fingerprint density at radius 2 is 1.89 bits per heavy atom. The summed E-state index contributed by atoms with van der Waals surface area (Å²) in [6.45, 7) is 3.90. The number of rotatable bonds is 8. The van der Waals surface area contributed by atoms with E-state index >= 15 is 0 Å². The molecule has 19 heavy (non-hydrogen) atoms. The van der Waals surface area contributed by atoms with E-state index in [0.717, 1.165) is 12.1 Å². The second kappa shape index (κ2) is 7.99. The summed E-state index contributed by atoms with van der Waals surface area (Å²) in [5.41, 5.74) is 0.772. The van der Waals surface area contributed by atoms with Crippen molar-refractivity contribution in [2.45, 2.75) is 13.0 Å². The van der Waals surface area contributed by atoms with Crippen LogP contribution in [-0.2, 0) is 0 Å². The quantitative estimate of drug-likeness (QED) is 0.738. The molecule has 1 aromatic carbocycles. The van der Waals surface area contributed by atoms with Crippen LogP contribution in [-0.4, -0.2) is 55.6 Å². The lowest BCUT2D eigenvalue weighted by Gasteiger charge is -2.23. The van der Waals surface area contributed by atoms with E-state index in [-0.39, 0.29) is 6.61 Å². The molecule has 0 aliphatic carbocycles. The zero-order valence-electron chi connectivity index (χ0n) is 11.8. The van der Waals surface area contributed by atoms with Crippen LogP contribution >= 0.6 is 0 Å². The van der Waals surface area contributed by atoms with Crippen molar-refractivity contribution < 1.29 is 19.7 Å². The van der Waals surface area contributed by atoms with Gasteiger partial charge in [0.25, 0.3) is 0 Å². The number of methoxy groups -OCH3 is 2. The Hall–Kier alpha value is -1.30. The van der Waals surface area contributed by atoms with Crippen LogP contribution in [0.2, 0.25) is 0 Å². The molecule has 0 saturated carbocycles. The number of aliphatic hydroxyl groups excluding tert-OH is 2. The van der Waals surface area contributed by atoms with Gasteiger partial charge in [0.15, 0.2) is 11.5 Å². The highest BCUT2D eigenvalue weighted by atomic mass is 16.5. The summed E-state index contributed by atoms with van der Waals surface area (Å²) in [7, 11) is 3.14. The number of likely N-dealkylation sites (N-methyl/N-ethyl adjacent to an activating group) is 1. The zero-order chi connectivity index (χ0) is 14.3. The lowest BCUT2D eigenvalue weighted by Crippen LogP contribution is -2.31. The normalized spacial score (nSPS) is 12.5. The minimum Gasteiger partial charge on any atom is -0.493 e. The Kier molecular flexibility index (Phi) is 6.62. The molecule has 0 aliphatic heterocycles. The first-order chi connectivity index (χ1) is 9.15. The molecule has 0 fully saturated rings. The molecule has 0 unspecified atom stereocenters. The molecule has 108 valence electrons. The molecule has 5 heteroatoms. The number of ether oxygens (including phenoxy) is 2. The number of aliphatic hydroxyl groups is 2. The molecular formula is C14H23NO4. The minimum absolute atomic E-state index is 0.0898. The van der Waals surface area contributed by atoms with Gasteiger partial charge in [-0.25, -0.2) is 0 Å². The summed E-state index contributed by atoms with van der Waals surface area (Å²) in [6, 6.07) is 5.37. The van der Waals surface area contributed by atoms with E-state index in [1.165, 1.54) is 0 Å². The van der Waals surface area contributed by atoms with Gasteiger partial charge < -0.3 is 19.7 Å². The minimum atomic E-state index is -0.619. The van der Waals surface area contributed by atoms with Gasteiger partial charge in [0.05, 0.1) is 26.9 Å². The van der Waals surface area contributed by atoms with Gasteiger partial charge in [0.2, 0.25) is 0 Å². The molecular weight excluding hydrogens is 246 g/mol. The predicted octanol–water partition coefficient (Wildman–Crippen LogP) is 1.05. The summed E-state index contributed by atoms with van der Waals surface area (Å²) in [4.78, 5) is 1.99. The molecule has 0 heterocycles. The highest BCUT2D eigenvalue weighted by molar-refractivity contribution is 5.43. The number of benzene rings is 1. The predicted molar refractivity (Wildman–Crippen MR) is 73.7 cm³/mol. The summed E-state index contributed by atoms with van der Waals surface area (Å²) in [5.74, 6) is 1.24. The number of hydrogen-bond acceptors (Lipinski definition) is 5. The smallest absolute Gasteiger partial charge is 0.161 e. The van der Waals surface area contributed by atoms with E-state index in [1.807, 2.05) is 17.9 Å². The maximum atomic E-state index is 10.2. The molecule has 1 rings (SSSR count). The maximum Gasteiger partial charge on any atom is 0.161 e. The van der Waals surface area contributed by atoms with Gasteiger partial charge in [-0.1, -0.05) is 13.0 Å². The van der Waals surface area contributed by atoms with Gasteiger partial charge in [-0.15, -0.1) is 0 Å². The third kappa shape index (κ3) is 4.38. The molecule has 0 saturated heterocycles. The van der Waals surface area contributed by atoms with Crippen molar-refractivity contribution in [3.63, 3.8) is 0 Å². The van der Waals surface area contributed by atoms with Gasteiger partial charge >= 0.3 is 0 Å². The average Bonchev–Trinajstić information content (AvgIpc) is 2.45. The first-order valence-electron chi connectivity index (χ1n) is 6.39. The molecule has 1 aromatic rings. The fraction of sp³-hybridized carbons (Fsp3) is 0.571. The van der Waals surface area contributed by atoms with Crippen LogP contribution in [0.15, 0.2) is 18.2 Å². The van der Waals surface area contributed by atoms with Crippen LogP contribution in [0.4, 0.5) is 0 Å². The fourth-order valence-electron chi connectivity index (χ4n) is 1.93. The third-order valence-corrected chi connectivity index (χ3v) is 3.09. The lowest BCUT2D eigenvalue weighted by atomic mass is 10.1. The SMILES string of the molecule is CCN(CCO)C[C@H](O)c1ccc(OC)c(OC)c1. The van der Waals surface area contributed by atoms with Crippen LogP contribution in [0.25, 0.3) is 0 Å². The average molecular weight is 269 g/mol. The Bertz CT molecular complexity index is 384. The van der Waals surface area contributed by atoms with Crippen LogP contribution in [0.1, 0.15) is 18.6 Å². The molecule has 0 aromatic heterocycles. The molecule has 5 nitrogen and oxygen atoms in total. The third-order valence-electron chi connectivity index (χ3n) is 3.09. The molecule has 0 radical (unpaired) electrons. The Balaban J connectivity index is 2.78. The standard InChI is InChI=1S/C14H23NO4/c1-4-15(7-8-16)10-12(17)11-5-6-13(18-2)14(9-11)19-3/h5-6,9,12,16-17H,4,7-8,10H2,1-3H3/t12-/m0/s1. The van der Waals surface area contributed by atoms with Crippen LogP contribution in [0, 0.1) is 0 Å². The van der Waals surface area contributed by atoms with E-state index in [4.69, 9.17) is 14.6 Å². The van der Waals surface area contributed by atoms with Crippen LogP contribution in [0.3, 0.4) is 0 Å². The van der Waals surface area contributed by atoms with Crippen molar-refractivity contribution in [2.24, 2.45) is 0 Å². The van der Waals surface area contributed by atoms with Crippen molar-refractivity contribution in [1.82, 2.24) is 4.90 Å². The number of nitrogens with zero attached hydrogens (tertiary/aromatic N) is 1. The Morgan fingerprint density at radius 1 is 1.21 bits per heavy atom. The Labute approximate surface area is 114 Å². The zero-order valence-corrected chi connectivity index (χ0v) is 11.8. The highest BCUT2D eigenvalue weighted by Gasteiger charge is 2.14. The molecule has 0 amide bonds. The van der Waals surface area contributed by atoms with Gasteiger partial charge in [-0.3, -0.25) is 4.90 Å². The molecule has 2 N–H and O–H groups in total. The monoisotopic (exact) mass is 269 g/mol. The molecule has 0 bridgehead atoms. The largest absolute Gasteiger partial charge is 0.493 e. The lowest BCUT2D eigenvalue weighted by molar-refractivity contribution is 0.103. The van der Waals surface area contributed by atoms with Gasteiger partial charge in [-0.2, -0.15) is 0 Å². The van der Waals surface area contributed by atoms with Crippen molar-refractivity contribution in [1.29, 1.82) is 0 Å². The van der Waals surface area contributed by atoms with E-state index in [9.17, 15) is 5.11 Å². The Morgan fingerprint density at radius 3 is 2.42 bits per heavy atom. The second-order valence-electron chi connectivity index (χ2n) is 4.25. The molecule has 1 atom stereocenters. The van der Waals surface area contributed by atoms with Crippen molar-refractivity contribution in [2.75, 3.05) is 40.5 Å². The van der Waals surface area contributed by atoms with E-state index in [2.05, 4.69) is 0 Å². The molecule has 0 aliphatic rings. The summed E-state index contributed by atoms with van der Waals surface area (Å²) in [5, 5.41) is 19.2. The van der Waals surface area contributed by atoms with Crippen molar-refractivity contribution in [3.05, 3.63) is 23.8 Å². The topological polar surface area (TPSA) is 62.2 Å².